The van der Waals surface area contributed by atoms with E-state index >= 15 is 0 Å². The van der Waals surface area contributed by atoms with Gasteiger partial charge in [0.1, 0.15) is 6.17 Å². The van der Waals surface area contributed by atoms with Gasteiger partial charge in [0.15, 0.2) is 0 Å². The molecule has 3 nitrogen and oxygen atoms in total. The van der Waals surface area contributed by atoms with Crippen molar-refractivity contribution in [3.8, 4) is 0 Å². The average Bonchev–Trinajstić information content (AvgIpc) is 2.14. The molecule has 4 heteroatoms. The predicted molar refractivity (Wildman–Crippen MR) is 26.9 cm³/mol. The molecule has 1 heterocycles. The van der Waals surface area contributed by atoms with Crippen LogP contribution in [0.25, 0.3) is 0 Å². The highest BCUT2D eigenvalue weighted by atomic mass is 19.1. The molecule has 1 fully saturated rings. The van der Waals surface area contributed by atoms with E-state index in [0.717, 1.165) is 0 Å². The highest BCUT2D eigenvalue weighted by molar-refractivity contribution is 4.70. The molecule has 0 unspecified atom stereocenters. The molecule has 1 atom stereocenters. The standard InChI is InChI=1S/C4H7FN2O/c5-4-1-2-7(3-4)6-8/h4H,1-3H2/t4-/m0/s1. The third-order valence-corrected chi connectivity index (χ3v) is 1.22. The van der Waals surface area contributed by atoms with E-state index in [0.29, 0.717) is 13.0 Å². The molecule has 46 valence electrons. The Morgan fingerprint density at radius 3 is 2.75 bits per heavy atom. The summed E-state index contributed by atoms with van der Waals surface area (Å²) < 4.78 is 12.1. The molecule has 0 aliphatic carbocycles. The van der Waals surface area contributed by atoms with Crippen molar-refractivity contribution in [1.82, 2.24) is 5.01 Å². The molecular formula is C4H7FN2O. The van der Waals surface area contributed by atoms with Crippen LogP contribution in [0.5, 0.6) is 0 Å². The van der Waals surface area contributed by atoms with Crippen LogP contribution >= 0.6 is 0 Å². The summed E-state index contributed by atoms with van der Waals surface area (Å²) in [5.74, 6) is 0. The van der Waals surface area contributed by atoms with E-state index in [9.17, 15) is 9.30 Å². The van der Waals surface area contributed by atoms with E-state index in [1.54, 1.807) is 0 Å². The molecule has 1 saturated heterocycles. The molecule has 8 heavy (non-hydrogen) atoms. The average molecular weight is 118 g/mol. The normalized spacial score (nSPS) is 28.6. The molecule has 0 aromatic rings. The van der Waals surface area contributed by atoms with Gasteiger partial charge >= 0.3 is 0 Å². The number of halogens is 1. The largest absolute Gasteiger partial charge is 0.258 e. The second-order valence-corrected chi connectivity index (χ2v) is 1.88. The zero-order valence-electron chi connectivity index (χ0n) is 4.38. The number of alkyl halides is 1. The topological polar surface area (TPSA) is 32.7 Å². The number of nitrogens with zero attached hydrogens (tertiary/aromatic N) is 2. The Labute approximate surface area is 46.4 Å². The number of hydrogen-bond acceptors (Lipinski definition) is 2. The van der Waals surface area contributed by atoms with Crippen LogP contribution in [0.3, 0.4) is 0 Å². The summed E-state index contributed by atoms with van der Waals surface area (Å²) >= 11 is 0. The lowest BCUT2D eigenvalue weighted by atomic mass is 10.4. The number of nitroso groups, excluding NO2 is 1. The van der Waals surface area contributed by atoms with Crippen molar-refractivity contribution in [1.29, 1.82) is 0 Å². The first kappa shape index (κ1) is 5.47. The maximum atomic E-state index is 12.1. The molecule has 0 amide bonds. The van der Waals surface area contributed by atoms with E-state index in [1.165, 1.54) is 5.01 Å². The smallest absolute Gasteiger partial charge is 0.121 e. The summed E-state index contributed by atoms with van der Waals surface area (Å²) in [4.78, 5) is 9.66. The highest BCUT2D eigenvalue weighted by Gasteiger charge is 2.20. The van der Waals surface area contributed by atoms with E-state index in [-0.39, 0.29) is 6.54 Å². The minimum atomic E-state index is -0.840. The van der Waals surface area contributed by atoms with Gasteiger partial charge < -0.3 is 0 Å². The van der Waals surface area contributed by atoms with Gasteiger partial charge in [0, 0.05) is 6.54 Å². The zero-order valence-corrected chi connectivity index (χ0v) is 4.38. The van der Waals surface area contributed by atoms with Gasteiger partial charge in [-0.1, -0.05) is 0 Å². The Bertz CT molecular complexity index is 98.0. The van der Waals surface area contributed by atoms with Gasteiger partial charge in [-0.15, -0.1) is 4.91 Å². The van der Waals surface area contributed by atoms with Crippen molar-refractivity contribution >= 4 is 0 Å². The van der Waals surface area contributed by atoms with Gasteiger partial charge in [0.25, 0.3) is 0 Å². The summed E-state index contributed by atoms with van der Waals surface area (Å²) in [6.45, 7) is 0.661. The van der Waals surface area contributed by atoms with Crippen LogP contribution in [0.2, 0.25) is 0 Å². The second-order valence-electron chi connectivity index (χ2n) is 1.88. The lowest BCUT2D eigenvalue weighted by molar-refractivity contribution is 0.295. The highest BCUT2D eigenvalue weighted by Crippen LogP contribution is 2.11. The molecule has 0 saturated carbocycles. The first-order valence-electron chi connectivity index (χ1n) is 2.55. The van der Waals surface area contributed by atoms with Gasteiger partial charge in [-0.05, 0) is 6.42 Å². The Kier molecular flexibility index (Phi) is 1.41. The first-order chi connectivity index (χ1) is 3.83. The van der Waals surface area contributed by atoms with Crippen molar-refractivity contribution in [3.05, 3.63) is 4.91 Å². The van der Waals surface area contributed by atoms with Crippen molar-refractivity contribution in [2.24, 2.45) is 5.29 Å². The minimum absolute atomic E-state index is 0.184. The lowest BCUT2D eigenvalue weighted by Gasteiger charge is -2.00. The van der Waals surface area contributed by atoms with E-state index in [1.807, 2.05) is 0 Å². The van der Waals surface area contributed by atoms with E-state index < -0.39 is 6.17 Å². The Morgan fingerprint density at radius 2 is 2.50 bits per heavy atom. The fourth-order valence-electron chi connectivity index (χ4n) is 0.775. The molecule has 0 bridgehead atoms. The predicted octanol–water partition coefficient (Wildman–Crippen LogP) is 0.712. The van der Waals surface area contributed by atoms with Crippen LogP contribution in [0.1, 0.15) is 6.42 Å². The molecule has 0 aromatic carbocycles. The molecule has 1 rings (SSSR count). The summed E-state index contributed by atoms with van der Waals surface area (Å²) in [6.07, 6.45) is -0.390. The molecule has 0 spiro atoms. The van der Waals surface area contributed by atoms with Crippen molar-refractivity contribution in [2.45, 2.75) is 12.6 Å². The van der Waals surface area contributed by atoms with Gasteiger partial charge in [-0.25, -0.2) is 4.39 Å². The Hall–Kier alpha value is -0.670. The summed E-state index contributed by atoms with van der Waals surface area (Å²) in [5.41, 5.74) is 0. The summed E-state index contributed by atoms with van der Waals surface area (Å²) in [5, 5.41) is 3.78. The zero-order chi connectivity index (χ0) is 5.98. The van der Waals surface area contributed by atoms with Crippen molar-refractivity contribution in [2.75, 3.05) is 13.1 Å². The quantitative estimate of drug-likeness (QED) is 0.475. The van der Waals surface area contributed by atoms with Crippen LogP contribution in [-0.4, -0.2) is 24.3 Å². The van der Waals surface area contributed by atoms with Crippen LogP contribution in [-0.2, 0) is 0 Å². The van der Waals surface area contributed by atoms with Crippen molar-refractivity contribution in [3.63, 3.8) is 0 Å². The van der Waals surface area contributed by atoms with Crippen LogP contribution in [0, 0.1) is 4.91 Å². The fourth-order valence-corrected chi connectivity index (χ4v) is 0.775. The van der Waals surface area contributed by atoms with E-state index in [4.69, 9.17) is 0 Å². The maximum Gasteiger partial charge on any atom is 0.121 e. The Balaban J connectivity index is 2.32. The van der Waals surface area contributed by atoms with E-state index in [2.05, 4.69) is 5.29 Å². The molecular weight excluding hydrogens is 111 g/mol. The van der Waals surface area contributed by atoms with Crippen LogP contribution in [0.4, 0.5) is 4.39 Å². The van der Waals surface area contributed by atoms with Gasteiger partial charge in [-0.3, -0.25) is 5.01 Å². The third-order valence-electron chi connectivity index (χ3n) is 1.22. The summed E-state index contributed by atoms with van der Waals surface area (Å²) in [7, 11) is 0. The molecule has 0 aromatic heterocycles. The van der Waals surface area contributed by atoms with Crippen LogP contribution in [0.15, 0.2) is 5.29 Å². The lowest BCUT2D eigenvalue weighted by Crippen LogP contribution is -2.12. The number of hydrogen-bond donors (Lipinski definition) is 0. The molecule has 1 aliphatic rings. The monoisotopic (exact) mass is 118 g/mol. The molecule has 0 radical (unpaired) electrons. The maximum absolute atomic E-state index is 12.1. The Morgan fingerprint density at radius 1 is 1.75 bits per heavy atom. The number of rotatable bonds is 1. The second kappa shape index (κ2) is 2.07. The van der Waals surface area contributed by atoms with Crippen LogP contribution < -0.4 is 0 Å². The van der Waals surface area contributed by atoms with Gasteiger partial charge in [-0.2, -0.15) is 0 Å². The SMILES string of the molecule is O=NN1CC[C@H](F)C1. The van der Waals surface area contributed by atoms with Crippen molar-refractivity contribution < 1.29 is 4.39 Å². The van der Waals surface area contributed by atoms with Gasteiger partial charge in [0.2, 0.25) is 0 Å². The van der Waals surface area contributed by atoms with Gasteiger partial charge in [0.05, 0.1) is 11.8 Å². The fraction of sp³-hybridized carbons (Fsp3) is 1.00. The summed E-state index contributed by atoms with van der Waals surface area (Å²) in [6, 6.07) is 0. The first-order valence-corrected chi connectivity index (χ1v) is 2.55. The minimum Gasteiger partial charge on any atom is -0.258 e. The molecule has 0 N–H and O–H groups in total. The molecule has 1 aliphatic heterocycles. The third kappa shape index (κ3) is 0.936.